The third kappa shape index (κ3) is 7.48. The van der Waals surface area contributed by atoms with Crippen LogP contribution in [0.3, 0.4) is 0 Å². The first kappa shape index (κ1) is 31.9. The Morgan fingerprint density at radius 3 is 2.12 bits per heavy atom. The van der Waals surface area contributed by atoms with Crippen LogP contribution in [0.5, 0.6) is 5.75 Å². The van der Waals surface area contributed by atoms with E-state index in [-0.39, 0.29) is 22.8 Å². The third-order valence-corrected chi connectivity index (χ3v) is 13.3. The van der Waals surface area contributed by atoms with Gasteiger partial charge in [-0.05, 0) is 51.5 Å². The molecule has 0 amide bonds. The predicted molar refractivity (Wildman–Crippen MR) is 172 cm³/mol. The number of rotatable bonds is 14. The Balaban J connectivity index is 1.33. The quantitative estimate of drug-likeness (QED) is 0.123. The highest BCUT2D eigenvalue weighted by molar-refractivity contribution is 6.99. The Morgan fingerprint density at radius 1 is 0.976 bits per heavy atom. The maximum Gasteiger partial charge on any atom is 0.261 e. The average Bonchev–Trinajstić information content (AvgIpc) is 3.37. The van der Waals surface area contributed by atoms with E-state index in [4.69, 9.17) is 18.6 Å². The van der Waals surface area contributed by atoms with Crippen LogP contribution in [0.25, 0.3) is 0 Å². The molecule has 1 heterocycles. The van der Waals surface area contributed by atoms with Gasteiger partial charge in [0.15, 0.2) is 5.78 Å². The molecule has 1 aliphatic heterocycles. The van der Waals surface area contributed by atoms with Crippen LogP contribution in [0, 0.1) is 5.92 Å². The van der Waals surface area contributed by atoms with Gasteiger partial charge in [0, 0.05) is 25.6 Å². The van der Waals surface area contributed by atoms with Crippen LogP contribution in [0.4, 0.5) is 0 Å². The molecule has 1 fully saturated rings. The van der Waals surface area contributed by atoms with Gasteiger partial charge < -0.3 is 18.6 Å². The van der Waals surface area contributed by atoms with Crippen LogP contribution >= 0.6 is 0 Å². The Bertz CT molecular complexity index is 1240. The van der Waals surface area contributed by atoms with Crippen molar-refractivity contribution in [3.8, 4) is 5.75 Å². The first-order chi connectivity index (χ1) is 20.2. The topological polar surface area (TPSA) is 54.0 Å². The Labute approximate surface area is 253 Å². The number of benzene rings is 3. The second-order valence-electron chi connectivity index (χ2n) is 12.3. The normalized spacial score (nSPS) is 18.2. The summed E-state index contributed by atoms with van der Waals surface area (Å²) in [5.74, 6) is 1.02. The largest absolute Gasteiger partial charge is 0.497 e. The molecule has 224 valence electrons. The SMILES string of the molecule is C=C([C@H](C)CO[Si](c1ccccc1)(c1ccccc1)C(C)(C)C)[C@@H]1CC(=O)[C@@H](CCCOCc2ccc(OC)cc2)O1. The van der Waals surface area contributed by atoms with Crippen molar-refractivity contribution in [3.63, 3.8) is 0 Å². The fourth-order valence-electron chi connectivity index (χ4n) is 5.80. The van der Waals surface area contributed by atoms with Crippen molar-refractivity contribution in [1.82, 2.24) is 0 Å². The van der Waals surface area contributed by atoms with Crippen LogP contribution in [-0.4, -0.2) is 46.6 Å². The van der Waals surface area contributed by atoms with E-state index in [1.165, 1.54) is 10.4 Å². The molecule has 0 aliphatic carbocycles. The maximum atomic E-state index is 12.8. The third-order valence-electron chi connectivity index (χ3n) is 8.27. The van der Waals surface area contributed by atoms with Crippen LogP contribution in [-0.2, 0) is 25.3 Å². The second-order valence-corrected chi connectivity index (χ2v) is 16.6. The number of ketones is 1. The molecule has 0 bridgehead atoms. The van der Waals surface area contributed by atoms with Crippen LogP contribution in [0.1, 0.15) is 52.5 Å². The fraction of sp³-hybridized carbons (Fsp3) is 0.417. The molecule has 3 aromatic carbocycles. The molecule has 0 radical (unpaired) electrons. The minimum atomic E-state index is -2.65. The van der Waals surface area contributed by atoms with E-state index in [0.29, 0.717) is 32.7 Å². The molecule has 3 atom stereocenters. The number of methoxy groups -OCH3 is 1. The van der Waals surface area contributed by atoms with E-state index in [0.717, 1.165) is 23.3 Å². The lowest BCUT2D eigenvalue weighted by Gasteiger charge is -2.43. The van der Waals surface area contributed by atoms with Gasteiger partial charge >= 0.3 is 0 Å². The number of carbonyl (C=O) groups is 1. The molecule has 1 saturated heterocycles. The molecule has 0 saturated carbocycles. The lowest BCUT2D eigenvalue weighted by molar-refractivity contribution is -0.122. The number of hydrogen-bond acceptors (Lipinski definition) is 5. The minimum absolute atomic E-state index is 0.0380. The van der Waals surface area contributed by atoms with Crippen LogP contribution in [0.15, 0.2) is 97.1 Å². The lowest BCUT2D eigenvalue weighted by atomic mass is 9.96. The summed E-state index contributed by atoms with van der Waals surface area (Å²) in [4.78, 5) is 12.8. The minimum Gasteiger partial charge on any atom is -0.497 e. The summed E-state index contributed by atoms with van der Waals surface area (Å²) in [5.41, 5.74) is 2.02. The Kier molecular flexibility index (Phi) is 11.0. The Hall–Kier alpha value is -3.03. The zero-order valence-corrected chi connectivity index (χ0v) is 26.8. The van der Waals surface area contributed by atoms with Gasteiger partial charge in [0.2, 0.25) is 0 Å². The summed E-state index contributed by atoms with van der Waals surface area (Å²) >= 11 is 0. The number of hydrogen-bond donors (Lipinski definition) is 0. The number of Topliss-reactive ketones (excluding diaryl/α,β-unsaturated/α-hetero) is 1. The van der Waals surface area contributed by atoms with E-state index in [1.807, 2.05) is 24.3 Å². The van der Waals surface area contributed by atoms with E-state index >= 15 is 0 Å². The van der Waals surface area contributed by atoms with E-state index in [1.54, 1.807) is 7.11 Å². The monoisotopic (exact) mass is 586 g/mol. The molecule has 4 rings (SSSR count). The average molecular weight is 587 g/mol. The molecule has 6 heteroatoms. The summed E-state index contributed by atoms with van der Waals surface area (Å²) in [5, 5.41) is 2.41. The highest BCUT2D eigenvalue weighted by atomic mass is 28.4. The smallest absolute Gasteiger partial charge is 0.261 e. The van der Waals surface area contributed by atoms with Gasteiger partial charge in [-0.1, -0.05) is 107 Å². The summed E-state index contributed by atoms with van der Waals surface area (Å²) in [6, 6.07) is 29.2. The van der Waals surface area contributed by atoms with Crippen molar-refractivity contribution in [2.75, 3.05) is 20.3 Å². The fourth-order valence-corrected chi connectivity index (χ4v) is 10.5. The van der Waals surface area contributed by atoms with Gasteiger partial charge in [-0.2, -0.15) is 0 Å². The predicted octanol–water partition coefficient (Wildman–Crippen LogP) is 6.49. The molecule has 0 unspecified atom stereocenters. The zero-order chi connectivity index (χ0) is 30.2. The molecule has 0 N–H and O–H groups in total. The molecule has 1 aliphatic rings. The van der Waals surface area contributed by atoms with Gasteiger partial charge in [0.25, 0.3) is 8.32 Å². The van der Waals surface area contributed by atoms with Crippen molar-refractivity contribution in [1.29, 1.82) is 0 Å². The van der Waals surface area contributed by atoms with Gasteiger partial charge in [-0.3, -0.25) is 4.79 Å². The van der Waals surface area contributed by atoms with Gasteiger partial charge in [0.05, 0.1) is 19.8 Å². The van der Waals surface area contributed by atoms with Crippen molar-refractivity contribution in [2.45, 2.75) is 70.8 Å². The molecule has 0 aromatic heterocycles. The van der Waals surface area contributed by atoms with Crippen molar-refractivity contribution in [3.05, 3.63) is 103 Å². The van der Waals surface area contributed by atoms with E-state index < -0.39 is 14.4 Å². The van der Waals surface area contributed by atoms with E-state index in [9.17, 15) is 4.79 Å². The molecule has 0 spiro atoms. The summed E-state index contributed by atoms with van der Waals surface area (Å²) in [6.45, 7) is 15.0. The van der Waals surface area contributed by atoms with E-state index in [2.05, 4.69) is 94.9 Å². The van der Waals surface area contributed by atoms with Crippen molar-refractivity contribution < 1.29 is 23.4 Å². The van der Waals surface area contributed by atoms with Gasteiger partial charge in [0.1, 0.15) is 11.9 Å². The lowest BCUT2D eigenvalue weighted by Crippen LogP contribution is -2.66. The zero-order valence-electron chi connectivity index (χ0n) is 25.8. The molecular formula is C36H46O5Si. The van der Waals surface area contributed by atoms with Crippen molar-refractivity contribution in [2.24, 2.45) is 5.92 Å². The van der Waals surface area contributed by atoms with Gasteiger partial charge in [-0.15, -0.1) is 0 Å². The second kappa shape index (κ2) is 14.4. The van der Waals surface area contributed by atoms with Gasteiger partial charge in [-0.25, -0.2) is 0 Å². The highest BCUT2D eigenvalue weighted by Crippen LogP contribution is 2.38. The van der Waals surface area contributed by atoms with Crippen LogP contribution < -0.4 is 15.1 Å². The first-order valence-electron chi connectivity index (χ1n) is 15.0. The van der Waals surface area contributed by atoms with Crippen molar-refractivity contribution >= 4 is 24.5 Å². The highest BCUT2D eigenvalue weighted by Gasteiger charge is 2.50. The molecule has 42 heavy (non-hydrogen) atoms. The summed E-state index contributed by atoms with van der Waals surface area (Å²) < 4.78 is 24.4. The summed E-state index contributed by atoms with van der Waals surface area (Å²) in [6.07, 6.45) is 1.11. The number of ether oxygens (including phenoxy) is 3. The maximum absolute atomic E-state index is 12.8. The molecule has 3 aromatic rings. The first-order valence-corrected chi connectivity index (χ1v) is 16.9. The van der Waals surface area contributed by atoms with Crippen LogP contribution in [0.2, 0.25) is 5.04 Å². The standard InChI is InChI=1S/C36H46O5Si/c1-27(25-40-42(36(3,4)5,31-14-9-7-10-15-31)32-16-11-8-12-17-32)28(2)35-24-33(37)34(41-35)18-13-23-39-26-29-19-21-30(38-6)22-20-29/h7-12,14-17,19-22,27,34-35H,2,13,18,23-26H2,1,3-6H3/t27-,34-,35+/m1/s1. The molecular weight excluding hydrogens is 540 g/mol. The molecule has 5 nitrogen and oxygen atoms in total. The summed E-state index contributed by atoms with van der Waals surface area (Å²) in [7, 11) is -0.993. The Morgan fingerprint density at radius 2 is 1.57 bits per heavy atom. The number of carbonyl (C=O) groups excluding carboxylic acids is 1.